The van der Waals surface area contributed by atoms with Crippen molar-refractivity contribution in [3.63, 3.8) is 0 Å². The Morgan fingerprint density at radius 2 is 1.81 bits per heavy atom. The van der Waals surface area contributed by atoms with Crippen LogP contribution in [0.5, 0.6) is 0 Å². The average Bonchev–Trinajstić information content (AvgIpc) is 3.49. The van der Waals surface area contributed by atoms with Gasteiger partial charge in [-0.25, -0.2) is 19.2 Å². The molecule has 1 aromatic carbocycles. The highest BCUT2D eigenvalue weighted by atomic mass is 32.1. The molecule has 0 saturated carbocycles. The first-order valence-electron chi connectivity index (χ1n) is 10.8. The Kier molecular flexibility index (Phi) is 5.64. The standard InChI is InChI=1S/C25H19FN4O5S/c1-12-18(29-11-5-4-6-16(29)27-12)20(31)17-19(14-7-9-15(26)10-8-14)30(23(33)21(17)32)25-28-13(2)22(36-25)24(34)35-3/h4-11,19,31H,1-3H3/b20-17+. The van der Waals surface area contributed by atoms with E-state index in [4.69, 9.17) is 4.74 Å². The second kappa shape index (κ2) is 8.68. The Morgan fingerprint density at radius 1 is 1.08 bits per heavy atom. The number of esters is 1. The van der Waals surface area contributed by atoms with Crippen molar-refractivity contribution in [3.05, 3.63) is 87.6 Å². The maximum absolute atomic E-state index is 13.8. The maximum atomic E-state index is 13.8. The lowest BCUT2D eigenvalue weighted by Gasteiger charge is -2.23. The number of anilines is 1. The molecule has 4 heterocycles. The number of aryl methyl sites for hydroxylation is 2. The van der Waals surface area contributed by atoms with Crippen molar-refractivity contribution in [2.24, 2.45) is 0 Å². The molecule has 1 aliphatic rings. The molecule has 1 atom stereocenters. The lowest BCUT2D eigenvalue weighted by molar-refractivity contribution is -0.132. The molecule has 1 aliphatic heterocycles. The number of hydrogen-bond donors (Lipinski definition) is 1. The van der Waals surface area contributed by atoms with E-state index >= 15 is 0 Å². The third-order valence-corrected chi connectivity index (χ3v) is 7.06. The van der Waals surface area contributed by atoms with Crippen molar-refractivity contribution in [2.75, 3.05) is 12.0 Å². The van der Waals surface area contributed by atoms with E-state index in [1.54, 1.807) is 42.6 Å². The fraction of sp³-hybridized carbons (Fsp3) is 0.160. The molecule has 0 bridgehead atoms. The van der Waals surface area contributed by atoms with Crippen LogP contribution in [0.2, 0.25) is 0 Å². The number of carbonyl (C=O) groups is 3. The van der Waals surface area contributed by atoms with Gasteiger partial charge in [-0.2, -0.15) is 0 Å². The number of ether oxygens (including phenoxy) is 1. The Balaban J connectivity index is 1.76. The molecule has 5 rings (SSSR count). The van der Waals surface area contributed by atoms with Gasteiger partial charge in [0, 0.05) is 6.20 Å². The van der Waals surface area contributed by atoms with Gasteiger partial charge in [-0.05, 0) is 43.7 Å². The maximum Gasteiger partial charge on any atom is 0.350 e. The van der Waals surface area contributed by atoms with E-state index in [1.165, 1.54) is 31.4 Å². The van der Waals surface area contributed by atoms with Gasteiger partial charge in [-0.3, -0.25) is 18.9 Å². The number of aliphatic hydroxyl groups excluding tert-OH is 1. The number of benzene rings is 1. The number of Topliss-reactive ketones (excluding diaryl/α,β-unsaturated/α-hetero) is 1. The van der Waals surface area contributed by atoms with Crippen LogP contribution in [0.1, 0.15) is 38.4 Å². The largest absolute Gasteiger partial charge is 0.505 e. The molecule has 0 radical (unpaired) electrons. The Bertz CT molecular complexity index is 1590. The van der Waals surface area contributed by atoms with Crippen LogP contribution in [-0.2, 0) is 14.3 Å². The molecule has 3 aromatic heterocycles. The summed E-state index contributed by atoms with van der Waals surface area (Å²) < 4.78 is 20.2. The summed E-state index contributed by atoms with van der Waals surface area (Å²) >= 11 is 0.885. The van der Waals surface area contributed by atoms with Crippen LogP contribution < -0.4 is 4.90 Å². The highest BCUT2D eigenvalue weighted by molar-refractivity contribution is 7.17. The summed E-state index contributed by atoms with van der Waals surface area (Å²) in [6.07, 6.45) is 1.68. The van der Waals surface area contributed by atoms with Crippen LogP contribution in [0.4, 0.5) is 9.52 Å². The number of rotatable bonds is 4. The smallest absolute Gasteiger partial charge is 0.350 e. The normalized spacial score (nSPS) is 17.2. The number of ketones is 1. The highest BCUT2D eigenvalue weighted by Gasteiger charge is 2.49. The van der Waals surface area contributed by atoms with Crippen molar-refractivity contribution >= 4 is 45.5 Å². The minimum Gasteiger partial charge on any atom is -0.505 e. The molecular formula is C25H19FN4O5S. The van der Waals surface area contributed by atoms with E-state index < -0.39 is 35.3 Å². The fourth-order valence-corrected chi connectivity index (χ4v) is 5.30. The second-order valence-electron chi connectivity index (χ2n) is 8.10. The number of fused-ring (bicyclic) bond motifs is 1. The fourth-order valence-electron chi connectivity index (χ4n) is 4.28. The number of pyridine rings is 1. The molecule has 11 heteroatoms. The van der Waals surface area contributed by atoms with Crippen molar-refractivity contribution in [1.82, 2.24) is 14.4 Å². The van der Waals surface area contributed by atoms with Crippen LogP contribution in [0.3, 0.4) is 0 Å². The van der Waals surface area contributed by atoms with Crippen LogP contribution >= 0.6 is 11.3 Å². The summed E-state index contributed by atoms with van der Waals surface area (Å²) in [7, 11) is 1.23. The number of imidazole rings is 1. The molecule has 1 fully saturated rings. The molecule has 1 amide bonds. The quantitative estimate of drug-likeness (QED) is 0.193. The summed E-state index contributed by atoms with van der Waals surface area (Å²) in [6.45, 7) is 3.26. The predicted molar refractivity (Wildman–Crippen MR) is 129 cm³/mol. The zero-order chi connectivity index (χ0) is 25.7. The summed E-state index contributed by atoms with van der Waals surface area (Å²) in [5.74, 6) is -3.45. The topological polar surface area (TPSA) is 114 Å². The van der Waals surface area contributed by atoms with Gasteiger partial charge in [-0.1, -0.05) is 29.5 Å². The van der Waals surface area contributed by atoms with Gasteiger partial charge in [0.15, 0.2) is 10.9 Å². The van der Waals surface area contributed by atoms with E-state index in [1.807, 2.05) is 0 Å². The first kappa shape index (κ1) is 23.4. The van der Waals surface area contributed by atoms with Gasteiger partial charge < -0.3 is 9.84 Å². The molecule has 1 unspecified atom stereocenters. The monoisotopic (exact) mass is 506 g/mol. The van der Waals surface area contributed by atoms with Crippen LogP contribution in [0.15, 0.2) is 54.2 Å². The van der Waals surface area contributed by atoms with Gasteiger partial charge in [0.1, 0.15) is 22.0 Å². The summed E-state index contributed by atoms with van der Waals surface area (Å²) in [5.41, 5.74) is 1.73. The number of nitrogens with zero attached hydrogens (tertiary/aromatic N) is 4. The number of thiazole rings is 1. The first-order valence-corrected chi connectivity index (χ1v) is 11.6. The molecule has 0 aliphatic carbocycles. The Hall–Kier alpha value is -4.38. The van der Waals surface area contributed by atoms with Gasteiger partial charge in [-0.15, -0.1) is 0 Å². The number of amides is 1. The molecule has 182 valence electrons. The third-order valence-electron chi connectivity index (χ3n) is 5.92. The summed E-state index contributed by atoms with van der Waals surface area (Å²) in [4.78, 5) is 48.9. The molecular weight excluding hydrogens is 487 g/mol. The van der Waals surface area contributed by atoms with E-state index in [0.717, 1.165) is 16.2 Å². The number of methoxy groups -OCH3 is 1. The number of aliphatic hydroxyl groups is 1. The molecule has 4 aromatic rings. The van der Waals surface area contributed by atoms with Crippen molar-refractivity contribution in [1.29, 1.82) is 0 Å². The van der Waals surface area contributed by atoms with Gasteiger partial charge in [0.2, 0.25) is 0 Å². The van der Waals surface area contributed by atoms with Crippen molar-refractivity contribution in [2.45, 2.75) is 19.9 Å². The highest BCUT2D eigenvalue weighted by Crippen LogP contribution is 2.44. The minimum absolute atomic E-state index is 0.0678. The predicted octanol–water partition coefficient (Wildman–Crippen LogP) is 3.96. The molecule has 9 nitrogen and oxygen atoms in total. The van der Waals surface area contributed by atoms with Gasteiger partial charge in [0.25, 0.3) is 5.78 Å². The Labute approximate surface area is 208 Å². The number of halogens is 1. The lowest BCUT2D eigenvalue weighted by Crippen LogP contribution is -2.29. The minimum atomic E-state index is -1.13. The van der Waals surface area contributed by atoms with Crippen molar-refractivity contribution in [3.8, 4) is 0 Å². The van der Waals surface area contributed by atoms with Gasteiger partial charge >= 0.3 is 11.9 Å². The van der Waals surface area contributed by atoms with E-state index in [9.17, 15) is 23.9 Å². The van der Waals surface area contributed by atoms with E-state index in [2.05, 4.69) is 9.97 Å². The average molecular weight is 507 g/mol. The third kappa shape index (κ3) is 3.55. The lowest BCUT2D eigenvalue weighted by atomic mass is 9.96. The summed E-state index contributed by atoms with van der Waals surface area (Å²) in [5, 5.41) is 11.5. The number of hydrogen-bond acceptors (Lipinski definition) is 8. The van der Waals surface area contributed by atoms with Crippen LogP contribution in [-0.4, -0.2) is 44.2 Å². The van der Waals surface area contributed by atoms with Crippen LogP contribution in [0.25, 0.3) is 11.4 Å². The number of carbonyl (C=O) groups excluding carboxylic acids is 3. The zero-order valence-electron chi connectivity index (χ0n) is 19.4. The molecule has 1 N–H and O–H groups in total. The van der Waals surface area contributed by atoms with Crippen LogP contribution in [0, 0.1) is 19.7 Å². The van der Waals surface area contributed by atoms with E-state index in [-0.39, 0.29) is 21.3 Å². The summed E-state index contributed by atoms with van der Waals surface area (Å²) in [6, 6.07) is 9.39. The molecule has 0 spiro atoms. The van der Waals surface area contributed by atoms with Gasteiger partial charge in [0.05, 0.1) is 30.1 Å². The zero-order valence-corrected chi connectivity index (χ0v) is 20.2. The van der Waals surface area contributed by atoms with E-state index in [0.29, 0.717) is 22.6 Å². The first-order chi connectivity index (χ1) is 17.2. The Morgan fingerprint density at radius 3 is 2.50 bits per heavy atom. The second-order valence-corrected chi connectivity index (χ2v) is 9.08. The molecule has 1 saturated heterocycles. The SMILES string of the molecule is COC(=O)c1sc(N2C(=O)C(=O)/C(=C(/O)c3c(C)nc4ccccn34)C2c2ccc(F)cc2)nc1C. The number of aromatic nitrogens is 3. The molecule has 36 heavy (non-hydrogen) atoms. The van der Waals surface area contributed by atoms with Crippen molar-refractivity contribution < 1.29 is 28.6 Å².